The molecule has 0 spiro atoms. The molecule has 0 saturated heterocycles. The van der Waals surface area contributed by atoms with E-state index in [1.807, 2.05) is 0 Å². The van der Waals surface area contributed by atoms with E-state index in [-0.39, 0.29) is 0 Å². The zero-order valence-corrected chi connectivity index (χ0v) is 34.4. The van der Waals surface area contributed by atoms with Crippen LogP contribution in [-0.2, 0) is 0 Å². The molecule has 60 heavy (non-hydrogen) atoms. The average Bonchev–Trinajstić information content (AvgIpc) is 3.86. The summed E-state index contributed by atoms with van der Waals surface area (Å²) in [6.07, 6.45) is 0. The van der Waals surface area contributed by atoms with Crippen molar-refractivity contribution in [3.8, 4) is 72.4 Å². The van der Waals surface area contributed by atoms with Crippen molar-refractivity contribution in [3.05, 3.63) is 224 Å². The third-order valence-corrected chi connectivity index (χ3v) is 14.6. The molecule has 0 N–H and O–H groups in total. The third-order valence-electron chi connectivity index (χ3n) is 12.6. The smallest absolute Gasteiger partial charge is 0.0892 e. The van der Waals surface area contributed by atoms with E-state index in [0.29, 0.717) is 0 Å². The lowest BCUT2D eigenvalue weighted by molar-refractivity contribution is 1.18. The molecular weight excluding hydrogens is 739 g/mol. The average molecular weight is 778 g/mol. The maximum atomic E-state index is 2.49. The lowest BCUT2D eigenvalue weighted by Crippen LogP contribution is -2.21. The van der Waals surface area contributed by atoms with Gasteiger partial charge < -0.3 is 4.57 Å². The molecule has 0 amide bonds. The Balaban J connectivity index is 0.959. The molecule has 1 aliphatic rings. The van der Waals surface area contributed by atoms with Gasteiger partial charge in [0.25, 0.3) is 0 Å². The molecule has 0 radical (unpaired) electrons. The van der Waals surface area contributed by atoms with Crippen LogP contribution in [0.5, 0.6) is 0 Å². The van der Waals surface area contributed by atoms with Gasteiger partial charge in [-0.2, -0.15) is 0 Å². The fourth-order valence-electron chi connectivity index (χ4n) is 9.61. The van der Waals surface area contributed by atoms with E-state index in [0.717, 1.165) is 0 Å². The molecule has 0 aliphatic carbocycles. The van der Waals surface area contributed by atoms with Gasteiger partial charge in [-0.1, -0.05) is 198 Å². The normalized spacial score (nSPS) is 12.3. The predicted octanol–water partition coefficient (Wildman–Crippen LogP) is 13.4. The lowest BCUT2D eigenvalue weighted by atomic mass is 9.96. The van der Waals surface area contributed by atoms with Crippen molar-refractivity contribution in [2.45, 2.75) is 0 Å². The zero-order chi connectivity index (χ0) is 39.6. The minimum atomic E-state index is -0.693. The van der Waals surface area contributed by atoms with Crippen LogP contribution in [0.2, 0.25) is 0 Å². The molecule has 0 saturated carbocycles. The summed E-state index contributed by atoms with van der Waals surface area (Å²) in [5.41, 5.74) is 18.9. The van der Waals surface area contributed by atoms with Gasteiger partial charge in [-0.3, -0.25) is 0 Å². The Bertz CT molecular complexity index is 3270. The second-order valence-corrected chi connectivity index (χ2v) is 18.0. The van der Waals surface area contributed by atoms with Crippen LogP contribution in [0.25, 0.3) is 105 Å². The lowest BCUT2D eigenvalue weighted by Gasteiger charge is -2.11. The van der Waals surface area contributed by atoms with E-state index < -0.39 is 9.52 Å². The third kappa shape index (κ3) is 5.84. The Kier molecular flexibility index (Phi) is 8.11. The van der Waals surface area contributed by atoms with Gasteiger partial charge in [0.1, 0.15) is 0 Å². The molecule has 2 heteroatoms. The van der Waals surface area contributed by atoms with Gasteiger partial charge in [-0.05, 0) is 114 Å². The summed E-state index contributed by atoms with van der Waals surface area (Å²) in [6.45, 7) is 0. The zero-order valence-electron chi connectivity index (χ0n) is 33.0. The fourth-order valence-corrected chi connectivity index (χ4v) is 11.7. The number of aromatic nitrogens is 1. The molecule has 0 atom stereocenters. The molecule has 280 valence electrons. The van der Waals surface area contributed by atoms with Crippen LogP contribution < -0.4 is 10.4 Å². The van der Waals surface area contributed by atoms with Crippen LogP contribution in [0.15, 0.2) is 224 Å². The number of hydrogen-bond acceptors (Lipinski definition) is 0. The largest absolute Gasteiger partial charge is 0.309 e. The predicted molar refractivity (Wildman–Crippen MR) is 259 cm³/mol. The summed E-state index contributed by atoms with van der Waals surface area (Å²) in [5, 5.41) is 8.16. The highest BCUT2D eigenvalue weighted by Crippen LogP contribution is 2.39. The van der Waals surface area contributed by atoms with Crippen LogP contribution >= 0.6 is 0 Å². The minimum absolute atomic E-state index is 0.693. The fraction of sp³-hybridized carbons (Fsp3) is 0. The highest BCUT2D eigenvalue weighted by atomic mass is 28.2. The van der Waals surface area contributed by atoms with Crippen LogP contribution in [0.4, 0.5) is 0 Å². The second-order valence-electron chi connectivity index (χ2n) is 16.1. The Morgan fingerprint density at radius 1 is 0.267 bits per heavy atom. The van der Waals surface area contributed by atoms with E-state index >= 15 is 0 Å². The maximum Gasteiger partial charge on any atom is 0.0892 e. The van der Waals surface area contributed by atoms with Gasteiger partial charge in [0.05, 0.1) is 20.6 Å². The van der Waals surface area contributed by atoms with E-state index in [9.17, 15) is 0 Å². The van der Waals surface area contributed by atoms with Crippen molar-refractivity contribution >= 4 is 52.5 Å². The van der Waals surface area contributed by atoms with Gasteiger partial charge in [0, 0.05) is 16.5 Å². The van der Waals surface area contributed by atoms with Crippen molar-refractivity contribution < 1.29 is 0 Å². The Hall–Kier alpha value is -7.52. The molecule has 0 bridgehead atoms. The first kappa shape index (κ1) is 34.5. The molecule has 1 aliphatic heterocycles. The Labute approximate surface area is 352 Å². The summed E-state index contributed by atoms with van der Waals surface area (Å²) >= 11 is 0. The first-order valence-corrected chi connectivity index (χ1v) is 22.3. The van der Waals surface area contributed by atoms with E-state index in [1.165, 1.54) is 115 Å². The van der Waals surface area contributed by atoms with Gasteiger partial charge >= 0.3 is 0 Å². The quantitative estimate of drug-likeness (QED) is 0.148. The van der Waals surface area contributed by atoms with Crippen LogP contribution in [0, 0.1) is 0 Å². The molecule has 0 fully saturated rings. The van der Waals surface area contributed by atoms with Crippen LogP contribution in [0.1, 0.15) is 0 Å². The van der Waals surface area contributed by atoms with Crippen molar-refractivity contribution in [1.29, 1.82) is 0 Å². The van der Waals surface area contributed by atoms with Crippen molar-refractivity contribution in [3.63, 3.8) is 0 Å². The molecule has 0 unspecified atom stereocenters. The topological polar surface area (TPSA) is 4.93 Å². The summed E-state index contributed by atoms with van der Waals surface area (Å²) in [6, 6.07) is 83.1. The van der Waals surface area contributed by atoms with Gasteiger partial charge in [0.2, 0.25) is 0 Å². The maximum absolute atomic E-state index is 2.49. The molecule has 1 aromatic heterocycles. The second kappa shape index (κ2) is 14.1. The molecule has 1 nitrogen and oxygen atoms in total. The Morgan fingerprint density at radius 2 is 0.717 bits per heavy atom. The number of benzene rings is 10. The molecule has 12 rings (SSSR count). The molecule has 11 aromatic rings. The van der Waals surface area contributed by atoms with Gasteiger partial charge in [0.15, 0.2) is 0 Å². The van der Waals surface area contributed by atoms with E-state index in [2.05, 4.69) is 229 Å². The van der Waals surface area contributed by atoms with Crippen LogP contribution in [0.3, 0.4) is 0 Å². The van der Waals surface area contributed by atoms with E-state index in [4.69, 9.17) is 0 Å². The van der Waals surface area contributed by atoms with Gasteiger partial charge in [-0.25, -0.2) is 0 Å². The first-order chi connectivity index (χ1) is 29.7. The highest BCUT2D eigenvalue weighted by Gasteiger charge is 2.22. The van der Waals surface area contributed by atoms with Gasteiger partial charge in [-0.15, -0.1) is 0 Å². The number of fused-ring (bicyclic) bond motifs is 7. The summed E-state index contributed by atoms with van der Waals surface area (Å²) in [7, 11) is -0.693. The number of nitrogens with zero attached hydrogens (tertiary/aromatic N) is 1. The summed E-state index contributed by atoms with van der Waals surface area (Å²) in [4.78, 5) is 0. The van der Waals surface area contributed by atoms with Crippen molar-refractivity contribution in [2.24, 2.45) is 0 Å². The number of hydrogen-bond donors (Lipinski definition) is 0. The minimum Gasteiger partial charge on any atom is -0.309 e. The Morgan fingerprint density at radius 3 is 1.32 bits per heavy atom. The number of rotatable bonds is 6. The SMILES string of the molecule is c1ccc(-c2ccc(-c3ccc4c(c3)c3cc(-c5ccc(-c6ccccc6)cc5)ccc3n4-c3ccc4c(c3)[SiH2]c3cc(-c5cccc6ccccc56)ccc3-4)cc2)cc1. The summed E-state index contributed by atoms with van der Waals surface area (Å²) < 4.78 is 2.49. The summed E-state index contributed by atoms with van der Waals surface area (Å²) in [5.74, 6) is 0. The standard InChI is InChI=1S/C58H39NSi/c1-3-10-38(11-4-1)40-18-22-42(23-19-40)45-27-32-55-53(34-45)54-35-46(43-24-20-41(21-25-43)39-12-5-2-6-13-39)28-33-56(54)59(55)48-29-31-52-51-30-26-47(36-57(51)60-58(52)37-48)50-17-9-15-44-14-7-8-16-49(44)50/h1-37H,60H2. The van der Waals surface area contributed by atoms with Crippen molar-refractivity contribution in [2.75, 3.05) is 0 Å². The molecular formula is C58H39NSi. The molecule has 10 aromatic carbocycles. The van der Waals surface area contributed by atoms with Crippen LogP contribution in [-0.4, -0.2) is 14.1 Å². The monoisotopic (exact) mass is 777 g/mol. The van der Waals surface area contributed by atoms with E-state index in [1.54, 1.807) is 0 Å². The molecule has 2 heterocycles. The van der Waals surface area contributed by atoms with Crippen molar-refractivity contribution in [1.82, 2.24) is 4.57 Å². The highest BCUT2D eigenvalue weighted by molar-refractivity contribution is 6.73. The first-order valence-electron chi connectivity index (χ1n) is 20.9.